The minimum Gasteiger partial charge on any atom is -0.436 e. The van der Waals surface area contributed by atoms with Gasteiger partial charge < -0.3 is 4.42 Å². The highest BCUT2D eigenvalue weighted by atomic mass is 35.5. The predicted octanol–water partition coefficient (Wildman–Crippen LogP) is 5.09. The third-order valence-corrected chi connectivity index (χ3v) is 4.76. The topological polar surface area (TPSA) is 49.8 Å². The normalized spacial score (nSPS) is 16.2. The monoisotopic (exact) mass is 308 g/mol. The van der Waals surface area contributed by atoms with Gasteiger partial charge in [-0.3, -0.25) is 0 Å². The molecule has 3 nitrogen and oxygen atoms in total. The van der Waals surface area contributed by atoms with Crippen molar-refractivity contribution in [1.29, 1.82) is 5.26 Å². The van der Waals surface area contributed by atoms with E-state index in [1.165, 1.54) is 0 Å². The van der Waals surface area contributed by atoms with Gasteiger partial charge in [0.1, 0.15) is 5.52 Å². The number of nitriles is 1. The molecule has 0 bridgehead atoms. The van der Waals surface area contributed by atoms with E-state index in [0.29, 0.717) is 10.9 Å². The molecular formula is C18H13ClN2O. The van der Waals surface area contributed by atoms with Gasteiger partial charge in [-0.2, -0.15) is 5.26 Å². The number of aromatic nitrogens is 1. The molecule has 1 saturated carbocycles. The third kappa shape index (κ3) is 1.92. The second kappa shape index (κ2) is 4.86. The molecule has 1 fully saturated rings. The number of rotatable bonds is 2. The van der Waals surface area contributed by atoms with Crippen LogP contribution in [0.5, 0.6) is 0 Å². The molecule has 22 heavy (non-hydrogen) atoms. The summed E-state index contributed by atoms with van der Waals surface area (Å²) in [5.74, 6) is 0.550. The Hall–Kier alpha value is -2.31. The largest absolute Gasteiger partial charge is 0.436 e. The van der Waals surface area contributed by atoms with Crippen molar-refractivity contribution < 1.29 is 4.42 Å². The van der Waals surface area contributed by atoms with Crippen LogP contribution in [0.3, 0.4) is 0 Å². The molecule has 0 amide bonds. The molecular weight excluding hydrogens is 296 g/mol. The lowest BCUT2D eigenvalue weighted by atomic mass is 9.65. The number of hydrogen-bond acceptors (Lipinski definition) is 3. The first-order valence-electron chi connectivity index (χ1n) is 7.29. The van der Waals surface area contributed by atoms with Gasteiger partial charge >= 0.3 is 0 Å². The zero-order valence-electron chi connectivity index (χ0n) is 11.8. The van der Waals surface area contributed by atoms with E-state index in [1.807, 2.05) is 42.5 Å². The smallest absolute Gasteiger partial charge is 0.227 e. The highest BCUT2D eigenvalue weighted by Gasteiger charge is 2.40. The van der Waals surface area contributed by atoms with Crippen LogP contribution in [0.25, 0.3) is 22.6 Å². The fraction of sp³-hybridized carbons (Fsp3) is 0.222. The second-order valence-electron chi connectivity index (χ2n) is 5.73. The van der Waals surface area contributed by atoms with Gasteiger partial charge in [-0.1, -0.05) is 29.8 Å². The van der Waals surface area contributed by atoms with Crippen molar-refractivity contribution in [2.75, 3.05) is 0 Å². The molecule has 108 valence electrons. The molecule has 0 atom stereocenters. The molecule has 0 unspecified atom stereocenters. The van der Waals surface area contributed by atoms with Gasteiger partial charge in [0.2, 0.25) is 5.89 Å². The van der Waals surface area contributed by atoms with Gasteiger partial charge in [0.25, 0.3) is 0 Å². The van der Waals surface area contributed by atoms with Crippen LogP contribution < -0.4 is 0 Å². The summed E-state index contributed by atoms with van der Waals surface area (Å²) in [4.78, 5) is 4.48. The van der Waals surface area contributed by atoms with Crippen molar-refractivity contribution in [2.24, 2.45) is 0 Å². The fourth-order valence-corrected chi connectivity index (χ4v) is 3.37. The number of halogens is 1. The van der Waals surface area contributed by atoms with Gasteiger partial charge in [0.05, 0.1) is 11.5 Å². The number of fused-ring (bicyclic) bond motifs is 1. The van der Waals surface area contributed by atoms with E-state index in [2.05, 4.69) is 11.1 Å². The van der Waals surface area contributed by atoms with Crippen LogP contribution >= 0.6 is 11.6 Å². The van der Waals surface area contributed by atoms with Gasteiger partial charge in [0, 0.05) is 10.6 Å². The second-order valence-corrected chi connectivity index (χ2v) is 6.14. The van der Waals surface area contributed by atoms with Crippen LogP contribution in [0.2, 0.25) is 5.02 Å². The molecule has 4 heteroatoms. The maximum Gasteiger partial charge on any atom is 0.227 e. The third-order valence-electron chi connectivity index (χ3n) is 4.45. The molecule has 1 aliphatic rings. The first kappa shape index (κ1) is 13.4. The number of oxazole rings is 1. The Bertz CT molecular complexity index is 870. The van der Waals surface area contributed by atoms with E-state index in [-0.39, 0.29) is 0 Å². The fourth-order valence-electron chi connectivity index (χ4n) is 3.00. The van der Waals surface area contributed by atoms with Crippen LogP contribution in [0, 0.1) is 11.3 Å². The highest BCUT2D eigenvalue weighted by molar-refractivity contribution is 6.31. The van der Waals surface area contributed by atoms with E-state index in [1.54, 1.807) is 0 Å². The first-order valence-corrected chi connectivity index (χ1v) is 7.67. The van der Waals surface area contributed by atoms with Gasteiger partial charge in [-0.25, -0.2) is 4.98 Å². The zero-order valence-corrected chi connectivity index (χ0v) is 12.6. The standard InChI is InChI=1S/C18H13ClN2O/c19-14-10-12(6-7-13(14)18(11-20)8-3-9-18)17-21-15-4-1-2-5-16(15)22-17/h1-2,4-7,10H,3,8-9H2. The Balaban J connectivity index is 1.78. The predicted molar refractivity (Wildman–Crippen MR) is 85.6 cm³/mol. The molecule has 0 aliphatic heterocycles. The number of nitrogens with zero attached hydrogens (tertiary/aromatic N) is 2. The Morgan fingerprint density at radius 2 is 2.00 bits per heavy atom. The minimum atomic E-state index is -0.406. The molecule has 1 heterocycles. The molecule has 0 saturated heterocycles. The van der Waals surface area contributed by atoms with Crippen molar-refractivity contribution >= 4 is 22.7 Å². The molecule has 2 aromatic carbocycles. The van der Waals surface area contributed by atoms with Crippen LogP contribution in [0.15, 0.2) is 46.9 Å². The SMILES string of the molecule is N#CC1(c2ccc(-c3nc4ccccc4o3)cc2Cl)CCC1. The van der Waals surface area contributed by atoms with Crippen molar-refractivity contribution in [1.82, 2.24) is 4.98 Å². The van der Waals surface area contributed by atoms with E-state index in [4.69, 9.17) is 16.0 Å². The summed E-state index contributed by atoms with van der Waals surface area (Å²) in [6, 6.07) is 15.8. The molecule has 0 spiro atoms. The van der Waals surface area contributed by atoms with Crippen molar-refractivity contribution in [3.8, 4) is 17.5 Å². The highest BCUT2D eigenvalue weighted by Crippen LogP contribution is 2.46. The van der Waals surface area contributed by atoms with E-state index >= 15 is 0 Å². The lowest BCUT2D eigenvalue weighted by Gasteiger charge is -2.36. The molecule has 4 rings (SSSR count). The lowest BCUT2D eigenvalue weighted by molar-refractivity contribution is 0.324. The molecule has 3 aromatic rings. The Labute approximate surface area is 133 Å². The molecule has 1 aliphatic carbocycles. The van der Waals surface area contributed by atoms with Crippen molar-refractivity contribution in [2.45, 2.75) is 24.7 Å². The quantitative estimate of drug-likeness (QED) is 0.662. The molecule has 0 radical (unpaired) electrons. The summed E-state index contributed by atoms with van der Waals surface area (Å²) in [6.45, 7) is 0. The summed E-state index contributed by atoms with van der Waals surface area (Å²) in [6.07, 6.45) is 2.84. The van der Waals surface area contributed by atoms with Crippen LogP contribution in [-0.2, 0) is 5.41 Å². The van der Waals surface area contributed by atoms with Gasteiger partial charge in [0.15, 0.2) is 5.58 Å². The average molecular weight is 309 g/mol. The Morgan fingerprint density at radius 1 is 1.18 bits per heavy atom. The Morgan fingerprint density at radius 3 is 2.64 bits per heavy atom. The van der Waals surface area contributed by atoms with E-state index in [9.17, 15) is 5.26 Å². The lowest BCUT2D eigenvalue weighted by Crippen LogP contribution is -2.32. The summed E-state index contributed by atoms with van der Waals surface area (Å²) in [7, 11) is 0. The summed E-state index contributed by atoms with van der Waals surface area (Å²) < 4.78 is 5.77. The Kier molecular flexibility index (Phi) is 2.95. The average Bonchev–Trinajstić information content (AvgIpc) is 2.92. The van der Waals surface area contributed by atoms with Crippen molar-refractivity contribution in [3.63, 3.8) is 0 Å². The summed E-state index contributed by atoms with van der Waals surface area (Å²) in [5, 5.41) is 10.1. The number of para-hydroxylation sites is 2. The number of benzene rings is 2. The zero-order chi connectivity index (χ0) is 15.2. The summed E-state index contributed by atoms with van der Waals surface area (Å²) >= 11 is 6.43. The van der Waals surface area contributed by atoms with E-state index < -0.39 is 5.41 Å². The van der Waals surface area contributed by atoms with Crippen molar-refractivity contribution in [3.05, 3.63) is 53.1 Å². The number of hydrogen-bond donors (Lipinski definition) is 0. The van der Waals surface area contributed by atoms with Gasteiger partial charge in [-0.05, 0) is 49.1 Å². The molecule has 0 N–H and O–H groups in total. The van der Waals surface area contributed by atoms with Crippen LogP contribution in [-0.4, -0.2) is 4.98 Å². The maximum atomic E-state index is 9.46. The van der Waals surface area contributed by atoms with Crippen LogP contribution in [0.4, 0.5) is 0 Å². The van der Waals surface area contributed by atoms with E-state index in [0.717, 1.165) is 41.5 Å². The van der Waals surface area contributed by atoms with Crippen LogP contribution in [0.1, 0.15) is 24.8 Å². The molecule has 1 aromatic heterocycles. The van der Waals surface area contributed by atoms with Gasteiger partial charge in [-0.15, -0.1) is 0 Å². The maximum absolute atomic E-state index is 9.46. The first-order chi connectivity index (χ1) is 10.7. The minimum absolute atomic E-state index is 0.406. The summed E-state index contributed by atoms with van der Waals surface area (Å²) in [5.41, 5.74) is 2.92.